The number of aliphatic imine (C=N–C) groups is 1. The van der Waals surface area contributed by atoms with Crippen LogP contribution in [0.2, 0.25) is 0 Å². The Morgan fingerprint density at radius 2 is 1.89 bits per heavy atom. The second kappa shape index (κ2) is 7.13. The molecule has 0 bridgehead atoms. The molecule has 0 radical (unpaired) electrons. The molecule has 0 spiro atoms. The first kappa shape index (κ1) is 17.1. The quantitative estimate of drug-likeness (QED) is 0.709. The molecule has 0 unspecified atom stereocenters. The van der Waals surface area contributed by atoms with Crippen molar-refractivity contribution in [3.05, 3.63) is 78.1 Å². The minimum absolute atomic E-state index is 0.177. The van der Waals surface area contributed by atoms with E-state index in [0.29, 0.717) is 22.3 Å². The number of hydrogen-bond acceptors (Lipinski definition) is 5. The molecule has 1 amide bonds. The Bertz CT molecular complexity index is 1040. The third-order valence-electron chi connectivity index (χ3n) is 3.96. The Kier molecular flexibility index (Phi) is 4.52. The number of carbonyl (C=O) groups is 2. The number of amidine groups is 1. The number of hydrogen-bond donors (Lipinski definition) is 2. The van der Waals surface area contributed by atoms with Gasteiger partial charge < -0.3 is 14.8 Å². The maximum Gasteiger partial charge on any atom is 0.335 e. The largest absolute Gasteiger partial charge is 0.478 e. The number of amides is 1. The fourth-order valence-electron chi connectivity index (χ4n) is 2.68. The second-order valence-corrected chi connectivity index (χ2v) is 6.92. The number of nitrogens with one attached hydrogen (secondary N) is 1. The van der Waals surface area contributed by atoms with Crippen molar-refractivity contribution in [2.24, 2.45) is 4.99 Å². The highest BCUT2D eigenvalue weighted by atomic mass is 32.2. The maximum absolute atomic E-state index is 12.3. The van der Waals surface area contributed by atoms with Crippen LogP contribution in [0, 0.1) is 0 Å². The lowest BCUT2D eigenvalue weighted by Crippen LogP contribution is -2.21. The number of rotatable bonds is 4. The number of benzene rings is 2. The molecular formula is C20H14N2O4S. The molecule has 1 saturated heterocycles. The summed E-state index contributed by atoms with van der Waals surface area (Å²) in [5.41, 5.74) is 1.57. The second-order valence-electron chi connectivity index (χ2n) is 5.83. The summed E-state index contributed by atoms with van der Waals surface area (Å²) in [6.45, 7) is 0. The highest BCUT2D eigenvalue weighted by Crippen LogP contribution is 2.37. The molecule has 2 heterocycles. The van der Waals surface area contributed by atoms with E-state index in [1.807, 2.05) is 30.3 Å². The standard InChI is InChI=1S/C20H14N2O4S/c23-18-17(27-20(22-18)21-14-7-2-1-3-8-14)16-10-9-15(26-16)12-5-4-6-13(11-12)19(24)25/h1-11,17H,(H,24,25)(H,21,22,23)/t17-/m0/s1. The molecule has 7 heteroatoms. The summed E-state index contributed by atoms with van der Waals surface area (Å²) in [5.74, 6) is -0.201. The molecule has 6 nitrogen and oxygen atoms in total. The zero-order chi connectivity index (χ0) is 18.8. The van der Waals surface area contributed by atoms with Gasteiger partial charge in [-0.25, -0.2) is 9.79 Å². The molecule has 1 aromatic heterocycles. The molecule has 1 atom stereocenters. The molecule has 2 aromatic carbocycles. The molecule has 2 N–H and O–H groups in total. The first-order chi connectivity index (χ1) is 13.1. The van der Waals surface area contributed by atoms with Crippen molar-refractivity contribution in [2.45, 2.75) is 5.25 Å². The number of carbonyl (C=O) groups excluding carboxylic acids is 1. The Hall–Kier alpha value is -3.32. The first-order valence-electron chi connectivity index (χ1n) is 8.15. The molecule has 3 aromatic rings. The molecular weight excluding hydrogens is 364 g/mol. The predicted octanol–water partition coefficient (Wildman–Crippen LogP) is 4.24. The van der Waals surface area contributed by atoms with Gasteiger partial charge >= 0.3 is 5.97 Å². The van der Waals surface area contributed by atoms with Gasteiger partial charge in [-0.2, -0.15) is 0 Å². The van der Waals surface area contributed by atoms with Gasteiger partial charge in [0.25, 0.3) is 0 Å². The average Bonchev–Trinajstić information content (AvgIpc) is 3.29. The molecule has 27 heavy (non-hydrogen) atoms. The van der Waals surface area contributed by atoms with Crippen molar-refractivity contribution >= 4 is 34.5 Å². The zero-order valence-electron chi connectivity index (χ0n) is 14.0. The highest BCUT2D eigenvalue weighted by Gasteiger charge is 2.34. The van der Waals surface area contributed by atoms with E-state index in [1.54, 1.807) is 24.3 Å². The summed E-state index contributed by atoms with van der Waals surface area (Å²) < 4.78 is 5.83. The van der Waals surface area contributed by atoms with Crippen LogP contribution in [0.3, 0.4) is 0 Å². The monoisotopic (exact) mass is 378 g/mol. The Balaban J connectivity index is 1.57. The maximum atomic E-state index is 12.3. The van der Waals surface area contributed by atoms with Crippen molar-refractivity contribution in [1.82, 2.24) is 5.32 Å². The number of thioether (sulfide) groups is 1. The van der Waals surface area contributed by atoms with Crippen LogP contribution in [0.4, 0.5) is 5.69 Å². The van der Waals surface area contributed by atoms with Gasteiger partial charge in [0.1, 0.15) is 16.8 Å². The SMILES string of the molecule is O=C(O)c1cccc(-c2ccc([C@@H]3SC(=Nc4ccccc4)NC3=O)o2)c1. The fraction of sp³-hybridized carbons (Fsp3) is 0.0500. The van der Waals surface area contributed by atoms with Crippen LogP contribution < -0.4 is 5.32 Å². The lowest BCUT2D eigenvalue weighted by atomic mass is 10.1. The van der Waals surface area contributed by atoms with Gasteiger partial charge in [-0.15, -0.1) is 0 Å². The van der Waals surface area contributed by atoms with E-state index in [2.05, 4.69) is 10.3 Å². The van der Waals surface area contributed by atoms with Crippen LogP contribution in [0.1, 0.15) is 21.4 Å². The minimum Gasteiger partial charge on any atom is -0.478 e. The number of aromatic carboxylic acids is 1. The highest BCUT2D eigenvalue weighted by molar-refractivity contribution is 8.15. The molecule has 0 aliphatic carbocycles. The van der Waals surface area contributed by atoms with E-state index < -0.39 is 11.2 Å². The normalized spacial score (nSPS) is 17.9. The summed E-state index contributed by atoms with van der Waals surface area (Å²) in [6, 6.07) is 19.3. The molecule has 134 valence electrons. The lowest BCUT2D eigenvalue weighted by molar-refractivity contribution is -0.119. The number of furan rings is 1. The predicted molar refractivity (Wildman–Crippen MR) is 103 cm³/mol. The van der Waals surface area contributed by atoms with Crippen molar-refractivity contribution in [3.8, 4) is 11.3 Å². The number of carboxylic acid groups (broad SMARTS) is 1. The lowest BCUT2D eigenvalue weighted by Gasteiger charge is -2.02. The summed E-state index contributed by atoms with van der Waals surface area (Å²) in [4.78, 5) is 27.9. The third-order valence-corrected chi connectivity index (χ3v) is 5.06. The van der Waals surface area contributed by atoms with Crippen molar-refractivity contribution in [3.63, 3.8) is 0 Å². The molecule has 4 rings (SSSR count). The van der Waals surface area contributed by atoms with Crippen molar-refractivity contribution in [1.29, 1.82) is 0 Å². The van der Waals surface area contributed by atoms with Crippen molar-refractivity contribution in [2.75, 3.05) is 0 Å². The van der Waals surface area contributed by atoms with E-state index in [-0.39, 0.29) is 11.5 Å². The molecule has 1 fully saturated rings. The number of carboxylic acids is 1. The van der Waals surface area contributed by atoms with Gasteiger partial charge in [-0.1, -0.05) is 42.1 Å². The summed E-state index contributed by atoms with van der Waals surface area (Å²) in [6.07, 6.45) is 0. The van der Waals surface area contributed by atoms with Crippen LogP contribution in [0.15, 0.2) is 76.1 Å². The van der Waals surface area contributed by atoms with E-state index in [9.17, 15) is 9.59 Å². The third kappa shape index (κ3) is 3.63. The Morgan fingerprint density at radius 3 is 2.67 bits per heavy atom. The summed E-state index contributed by atoms with van der Waals surface area (Å²) >= 11 is 1.28. The van der Waals surface area contributed by atoms with Gasteiger partial charge in [0.05, 0.1) is 11.3 Å². The van der Waals surface area contributed by atoms with Crippen LogP contribution in [0.25, 0.3) is 11.3 Å². The molecule has 1 aliphatic rings. The fourth-order valence-corrected chi connectivity index (χ4v) is 3.63. The van der Waals surface area contributed by atoms with Gasteiger partial charge in [-0.3, -0.25) is 4.79 Å². The van der Waals surface area contributed by atoms with Gasteiger partial charge in [-0.05, 0) is 36.4 Å². The van der Waals surface area contributed by atoms with Gasteiger partial charge in [0, 0.05) is 5.56 Å². The van der Waals surface area contributed by atoms with E-state index in [0.717, 1.165) is 5.69 Å². The summed E-state index contributed by atoms with van der Waals surface area (Å²) in [5, 5.41) is 11.9. The van der Waals surface area contributed by atoms with Crippen LogP contribution in [0.5, 0.6) is 0 Å². The van der Waals surface area contributed by atoms with E-state index >= 15 is 0 Å². The summed E-state index contributed by atoms with van der Waals surface area (Å²) in [7, 11) is 0. The number of para-hydroxylation sites is 1. The van der Waals surface area contributed by atoms with E-state index in [4.69, 9.17) is 9.52 Å². The molecule has 1 aliphatic heterocycles. The van der Waals surface area contributed by atoms with Crippen LogP contribution in [-0.4, -0.2) is 22.2 Å². The van der Waals surface area contributed by atoms with Gasteiger partial charge in [0.15, 0.2) is 5.17 Å². The first-order valence-corrected chi connectivity index (χ1v) is 9.03. The minimum atomic E-state index is -1.00. The van der Waals surface area contributed by atoms with Gasteiger partial charge in [0.2, 0.25) is 5.91 Å². The topological polar surface area (TPSA) is 91.9 Å². The van der Waals surface area contributed by atoms with Crippen LogP contribution >= 0.6 is 11.8 Å². The number of nitrogens with zero attached hydrogens (tertiary/aromatic N) is 1. The zero-order valence-corrected chi connectivity index (χ0v) is 14.8. The smallest absolute Gasteiger partial charge is 0.335 e. The Morgan fingerprint density at radius 1 is 1.07 bits per heavy atom. The van der Waals surface area contributed by atoms with E-state index in [1.165, 1.54) is 23.9 Å². The Labute approximate surface area is 158 Å². The van der Waals surface area contributed by atoms with Crippen LogP contribution in [-0.2, 0) is 4.79 Å². The van der Waals surface area contributed by atoms with Crippen molar-refractivity contribution < 1.29 is 19.1 Å². The average molecular weight is 378 g/mol. The molecule has 0 saturated carbocycles.